The summed E-state index contributed by atoms with van der Waals surface area (Å²) in [6, 6.07) is 3.51. The zero-order valence-electron chi connectivity index (χ0n) is 11.6. The molecule has 2 N–H and O–H groups in total. The molecule has 1 aliphatic heterocycles. The van der Waals surface area contributed by atoms with Gasteiger partial charge in [-0.15, -0.1) is 0 Å². The second kappa shape index (κ2) is 7.74. The highest BCUT2D eigenvalue weighted by Crippen LogP contribution is 2.23. The highest BCUT2D eigenvalue weighted by Gasteiger charge is 2.18. The molecule has 1 atom stereocenters. The summed E-state index contributed by atoms with van der Waals surface area (Å²) < 4.78 is 0. The van der Waals surface area contributed by atoms with E-state index in [2.05, 4.69) is 22.5 Å². The van der Waals surface area contributed by atoms with Crippen LogP contribution in [-0.4, -0.2) is 35.5 Å². The van der Waals surface area contributed by atoms with Gasteiger partial charge in [0.05, 0.1) is 5.02 Å². The Balaban J connectivity index is 1.96. The van der Waals surface area contributed by atoms with E-state index in [4.69, 9.17) is 11.6 Å². The first kappa shape index (κ1) is 15.4. The van der Waals surface area contributed by atoms with Crippen LogP contribution in [-0.2, 0) is 0 Å². The second-order valence-corrected chi connectivity index (χ2v) is 6.45. The Morgan fingerprint density at radius 2 is 2.40 bits per heavy atom. The van der Waals surface area contributed by atoms with Gasteiger partial charge in [0.1, 0.15) is 11.5 Å². The SMILES string of the molecule is CCCNc1ccc(Cl)c(C(=O)NCC2CCSC2)n1. The van der Waals surface area contributed by atoms with Gasteiger partial charge in [-0.25, -0.2) is 4.98 Å². The number of rotatable bonds is 6. The third-order valence-electron chi connectivity index (χ3n) is 3.19. The fraction of sp³-hybridized carbons (Fsp3) is 0.571. The quantitative estimate of drug-likeness (QED) is 0.847. The van der Waals surface area contributed by atoms with Crippen molar-refractivity contribution in [2.45, 2.75) is 19.8 Å². The van der Waals surface area contributed by atoms with E-state index in [1.165, 1.54) is 12.2 Å². The van der Waals surface area contributed by atoms with E-state index in [1.54, 1.807) is 12.1 Å². The molecule has 1 amide bonds. The van der Waals surface area contributed by atoms with Crippen LogP contribution in [0.25, 0.3) is 0 Å². The number of pyridine rings is 1. The van der Waals surface area contributed by atoms with E-state index in [-0.39, 0.29) is 5.91 Å². The van der Waals surface area contributed by atoms with Crippen molar-refractivity contribution in [3.05, 3.63) is 22.8 Å². The molecule has 4 nitrogen and oxygen atoms in total. The molecule has 0 saturated carbocycles. The third-order valence-corrected chi connectivity index (χ3v) is 4.73. The fourth-order valence-corrected chi connectivity index (χ4v) is 3.49. The predicted molar refractivity (Wildman–Crippen MR) is 85.8 cm³/mol. The zero-order valence-corrected chi connectivity index (χ0v) is 13.2. The molecule has 0 spiro atoms. The second-order valence-electron chi connectivity index (χ2n) is 4.89. The number of carbonyl (C=O) groups excluding carboxylic acids is 1. The van der Waals surface area contributed by atoms with Gasteiger partial charge in [0, 0.05) is 13.1 Å². The molecule has 1 unspecified atom stereocenters. The molecule has 110 valence electrons. The molecule has 0 aliphatic carbocycles. The predicted octanol–water partition coefficient (Wildman–Crippen LogP) is 3.04. The minimum Gasteiger partial charge on any atom is -0.370 e. The van der Waals surface area contributed by atoms with E-state index in [1.807, 2.05) is 11.8 Å². The lowest BCUT2D eigenvalue weighted by molar-refractivity contribution is 0.0944. The molecule has 20 heavy (non-hydrogen) atoms. The average Bonchev–Trinajstić information content (AvgIpc) is 2.97. The van der Waals surface area contributed by atoms with E-state index in [9.17, 15) is 4.79 Å². The van der Waals surface area contributed by atoms with Gasteiger partial charge in [0.2, 0.25) is 0 Å². The van der Waals surface area contributed by atoms with E-state index < -0.39 is 0 Å². The number of halogens is 1. The summed E-state index contributed by atoms with van der Waals surface area (Å²) in [5.74, 6) is 3.39. The first-order chi connectivity index (χ1) is 9.70. The molecular formula is C14H20ClN3OS. The van der Waals surface area contributed by atoms with Crippen LogP contribution in [0.2, 0.25) is 5.02 Å². The lowest BCUT2D eigenvalue weighted by Crippen LogP contribution is -2.30. The van der Waals surface area contributed by atoms with Crippen molar-refractivity contribution in [2.24, 2.45) is 5.92 Å². The first-order valence-corrected chi connectivity index (χ1v) is 8.50. The number of nitrogens with one attached hydrogen (secondary N) is 2. The van der Waals surface area contributed by atoms with Crippen molar-refractivity contribution < 1.29 is 4.79 Å². The Kier molecular flexibility index (Phi) is 5.98. The van der Waals surface area contributed by atoms with Gasteiger partial charge >= 0.3 is 0 Å². The number of aromatic nitrogens is 1. The number of thioether (sulfide) groups is 1. The van der Waals surface area contributed by atoms with Gasteiger partial charge in [-0.1, -0.05) is 18.5 Å². The van der Waals surface area contributed by atoms with Crippen molar-refractivity contribution >= 4 is 35.1 Å². The summed E-state index contributed by atoms with van der Waals surface area (Å²) in [6.07, 6.45) is 2.18. The minimum atomic E-state index is -0.188. The Hall–Kier alpha value is -0.940. The maximum atomic E-state index is 12.2. The van der Waals surface area contributed by atoms with Gasteiger partial charge in [0.15, 0.2) is 0 Å². The summed E-state index contributed by atoms with van der Waals surface area (Å²) in [5.41, 5.74) is 0.304. The number of nitrogens with zero attached hydrogens (tertiary/aromatic N) is 1. The van der Waals surface area contributed by atoms with Crippen molar-refractivity contribution in [1.29, 1.82) is 0 Å². The molecule has 1 aromatic rings. The lowest BCUT2D eigenvalue weighted by atomic mass is 10.1. The van der Waals surface area contributed by atoms with E-state index in [0.717, 1.165) is 18.7 Å². The fourth-order valence-electron chi connectivity index (χ4n) is 2.02. The Morgan fingerprint density at radius 1 is 1.55 bits per heavy atom. The molecule has 2 rings (SSSR count). The smallest absolute Gasteiger partial charge is 0.271 e. The summed E-state index contributed by atoms with van der Waals surface area (Å²) >= 11 is 8.01. The Labute approximate surface area is 129 Å². The van der Waals surface area contributed by atoms with Crippen molar-refractivity contribution in [1.82, 2.24) is 10.3 Å². The van der Waals surface area contributed by atoms with Crippen LogP contribution >= 0.6 is 23.4 Å². The summed E-state index contributed by atoms with van der Waals surface area (Å²) in [5, 5.41) is 6.49. The van der Waals surface area contributed by atoms with Crippen molar-refractivity contribution in [2.75, 3.05) is 29.9 Å². The summed E-state index contributed by atoms with van der Waals surface area (Å²) in [6.45, 7) is 3.61. The zero-order chi connectivity index (χ0) is 14.4. The number of anilines is 1. The van der Waals surface area contributed by atoms with Crippen LogP contribution in [0.1, 0.15) is 30.3 Å². The van der Waals surface area contributed by atoms with Gasteiger partial charge in [-0.2, -0.15) is 11.8 Å². The molecule has 0 radical (unpaired) electrons. The normalized spacial score (nSPS) is 18.0. The van der Waals surface area contributed by atoms with E-state index >= 15 is 0 Å². The molecule has 1 aliphatic rings. The van der Waals surface area contributed by atoms with Crippen LogP contribution in [0.3, 0.4) is 0 Å². The molecule has 0 aromatic carbocycles. The Bertz CT molecular complexity index is 464. The molecule has 1 aromatic heterocycles. The molecule has 1 fully saturated rings. The minimum absolute atomic E-state index is 0.188. The number of carbonyl (C=O) groups is 1. The standard InChI is InChI=1S/C14H20ClN3OS/c1-2-6-16-12-4-3-11(15)13(18-12)14(19)17-8-10-5-7-20-9-10/h3-4,10H,2,5-9H2,1H3,(H,16,18)(H,17,19). The third kappa shape index (κ3) is 4.28. The first-order valence-electron chi connectivity index (χ1n) is 6.97. The van der Waals surface area contributed by atoms with Crippen LogP contribution in [0.4, 0.5) is 5.82 Å². The molecule has 0 bridgehead atoms. The molecule has 2 heterocycles. The molecule has 6 heteroatoms. The summed E-state index contributed by atoms with van der Waals surface area (Å²) in [4.78, 5) is 16.5. The van der Waals surface area contributed by atoms with Gasteiger partial charge in [-0.3, -0.25) is 4.79 Å². The van der Waals surface area contributed by atoms with Gasteiger partial charge in [0.25, 0.3) is 5.91 Å². The lowest BCUT2D eigenvalue weighted by Gasteiger charge is -2.11. The highest BCUT2D eigenvalue weighted by atomic mass is 35.5. The van der Waals surface area contributed by atoms with E-state index in [0.29, 0.717) is 29.0 Å². The van der Waals surface area contributed by atoms with Gasteiger partial charge in [-0.05, 0) is 42.4 Å². The summed E-state index contributed by atoms with van der Waals surface area (Å²) in [7, 11) is 0. The Morgan fingerprint density at radius 3 is 3.10 bits per heavy atom. The maximum Gasteiger partial charge on any atom is 0.271 e. The van der Waals surface area contributed by atoms with Crippen LogP contribution in [0.5, 0.6) is 0 Å². The maximum absolute atomic E-state index is 12.2. The van der Waals surface area contributed by atoms with Crippen LogP contribution in [0, 0.1) is 5.92 Å². The van der Waals surface area contributed by atoms with Crippen molar-refractivity contribution in [3.63, 3.8) is 0 Å². The van der Waals surface area contributed by atoms with Gasteiger partial charge < -0.3 is 10.6 Å². The number of hydrogen-bond donors (Lipinski definition) is 2. The average molecular weight is 314 g/mol. The van der Waals surface area contributed by atoms with Crippen LogP contribution < -0.4 is 10.6 Å². The number of hydrogen-bond acceptors (Lipinski definition) is 4. The molecular weight excluding hydrogens is 294 g/mol. The monoisotopic (exact) mass is 313 g/mol. The largest absolute Gasteiger partial charge is 0.370 e. The topological polar surface area (TPSA) is 54.0 Å². The highest BCUT2D eigenvalue weighted by molar-refractivity contribution is 7.99. The molecule has 1 saturated heterocycles. The number of amides is 1. The van der Waals surface area contributed by atoms with Crippen LogP contribution in [0.15, 0.2) is 12.1 Å². The van der Waals surface area contributed by atoms with Crippen molar-refractivity contribution in [3.8, 4) is 0 Å².